The van der Waals surface area contributed by atoms with Crippen LogP contribution in [0.1, 0.15) is 16.3 Å². The molecule has 2 aromatic rings. The summed E-state index contributed by atoms with van der Waals surface area (Å²) in [5, 5.41) is 1.62. The third kappa shape index (κ3) is 2.68. The number of nitrogens with zero attached hydrogens (tertiary/aromatic N) is 4. The zero-order valence-electron chi connectivity index (χ0n) is 12.1. The number of hydrogen-bond donors (Lipinski definition) is 0. The van der Waals surface area contributed by atoms with Crippen LogP contribution in [0, 0.1) is 13.8 Å². The Morgan fingerprint density at radius 2 is 1.85 bits per heavy atom. The number of halogens is 1. The van der Waals surface area contributed by atoms with E-state index in [1.54, 1.807) is 11.3 Å². The Morgan fingerprint density at radius 1 is 1.15 bits per heavy atom. The summed E-state index contributed by atoms with van der Waals surface area (Å²) in [6.07, 6.45) is 0. The lowest BCUT2D eigenvalue weighted by molar-refractivity contribution is 0.145. The summed E-state index contributed by atoms with van der Waals surface area (Å²) in [4.78, 5) is 16.2. The summed E-state index contributed by atoms with van der Waals surface area (Å²) >= 11 is 8.06. The van der Waals surface area contributed by atoms with Crippen molar-refractivity contribution in [2.75, 3.05) is 33.2 Å². The van der Waals surface area contributed by atoms with Crippen LogP contribution in [-0.4, -0.2) is 53.0 Å². The van der Waals surface area contributed by atoms with Crippen molar-refractivity contribution in [2.24, 2.45) is 0 Å². The first-order valence-electron chi connectivity index (χ1n) is 6.87. The molecule has 3 rings (SSSR count). The molecule has 0 saturated carbocycles. The smallest absolute Gasteiger partial charge is 0.145 e. The van der Waals surface area contributed by atoms with Crippen molar-refractivity contribution in [3.8, 4) is 0 Å². The first-order chi connectivity index (χ1) is 9.54. The number of rotatable bonds is 2. The van der Waals surface area contributed by atoms with Crippen molar-refractivity contribution in [1.82, 2.24) is 19.8 Å². The molecule has 0 spiro atoms. The number of thiophene rings is 1. The Morgan fingerprint density at radius 3 is 2.55 bits per heavy atom. The van der Waals surface area contributed by atoms with Crippen LogP contribution in [0.3, 0.4) is 0 Å². The Bertz CT molecular complexity index is 632. The predicted octanol–water partition coefficient (Wildman–Crippen LogP) is 2.71. The number of piperazine rings is 1. The highest BCUT2D eigenvalue weighted by Crippen LogP contribution is 2.33. The van der Waals surface area contributed by atoms with E-state index >= 15 is 0 Å². The van der Waals surface area contributed by atoms with Crippen LogP contribution in [0.15, 0.2) is 0 Å². The van der Waals surface area contributed by atoms with Crippen molar-refractivity contribution in [2.45, 2.75) is 20.4 Å². The van der Waals surface area contributed by atoms with Gasteiger partial charge in [0.25, 0.3) is 0 Å². The van der Waals surface area contributed by atoms with Crippen LogP contribution in [0.25, 0.3) is 10.2 Å². The van der Waals surface area contributed by atoms with Crippen molar-refractivity contribution in [3.63, 3.8) is 0 Å². The molecular formula is C14H19ClN4S. The molecule has 0 atom stereocenters. The van der Waals surface area contributed by atoms with E-state index in [0.717, 1.165) is 48.8 Å². The molecule has 6 heteroatoms. The Balaban J connectivity index is 1.85. The maximum Gasteiger partial charge on any atom is 0.145 e. The van der Waals surface area contributed by atoms with E-state index in [-0.39, 0.29) is 0 Å². The molecule has 1 aliphatic heterocycles. The third-order valence-corrected chi connectivity index (χ3v) is 5.37. The van der Waals surface area contributed by atoms with Crippen molar-refractivity contribution < 1.29 is 0 Å². The first kappa shape index (κ1) is 14.2. The quantitative estimate of drug-likeness (QED) is 0.798. The molecule has 4 nitrogen and oxygen atoms in total. The molecule has 0 radical (unpaired) electrons. The van der Waals surface area contributed by atoms with Crippen molar-refractivity contribution in [1.29, 1.82) is 0 Å². The van der Waals surface area contributed by atoms with Gasteiger partial charge in [0.2, 0.25) is 0 Å². The molecule has 1 saturated heterocycles. The normalized spacial score (nSPS) is 18.0. The van der Waals surface area contributed by atoms with Gasteiger partial charge in [0.05, 0.1) is 11.9 Å². The summed E-state index contributed by atoms with van der Waals surface area (Å²) in [5.41, 5.74) is 1.21. The molecule has 0 aromatic carbocycles. The van der Waals surface area contributed by atoms with Crippen molar-refractivity contribution in [3.05, 3.63) is 21.4 Å². The van der Waals surface area contributed by atoms with Crippen LogP contribution in [0.4, 0.5) is 0 Å². The van der Waals surface area contributed by atoms with Gasteiger partial charge in [0.15, 0.2) is 0 Å². The van der Waals surface area contributed by atoms with E-state index in [2.05, 4.69) is 35.7 Å². The molecule has 2 aromatic heterocycles. The monoisotopic (exact) mass is 310 g/mol. The van der Waals surface area contributed by atoms with Gasteiger partial charge < -0.3 is 4.90 Å². The molecule has 0 unspecified atom stereocenters. The van der Waals surface area contributed by atoms with Crippen LogP contribution in [0.5, 0.6) is 0 Å². The van der Waals surface area contributed by atoms with Crippen LogP contribution < -0.4 is 0 Å². The Hall–Kier alpha value is -0.750. The molecular weight excluding hydrogens is 292 g/mol. The fourth-order valence-corrected chi connectivity index (χ4v) is 3.95. The average Bonchev–Trinajstić information content (AvgIpc) is 2.68. The molecule has 0 N–H and O–H groups in total. The fraction of sp³-hybridized carbons (Fsp3) is 0.571. The van der Waals surface area contributed by atoms with Gasteiger partial charge in [-0.2, -0.15) is 0 Å². The molecule has 1 fully saturated rings. The van der Waals surface area contributed by atoms with Gasteiger partial charge >= 0.3 is 0 Å². The van der Waals surface area contributed by atoms with Gasteiger partial charge in [0.1, 0.15) is 15.8 Å². The minimum atomic E-state index is 0.598. The van der Waals surface area contributed by atoms with Gasteiger partial charge in [0, 0.05) is 31.1 Å². The number of aromatic nitrogens is 2. The van der Waals surface area contributed by atoms with E-state index in [4.69, 9.17) is 16.6 Å². The lowest BCUT2D eigenvalue weighted by Crippen LogP contribution is -2.44. The second-order valence-electron chi connectivity index (χ2n) is 5.47. The second kappa shape index (κ2) is 5.56. The predicted molar refractivity (Wildman–Crippen MR) is 84.7 cm³/mol. The van der Waals surface area contributed by atoms with Crippen LogP contribution in [0.2, 0.25) is 5.15 Å². The number of hydrogen-bond acceptors (Lipinski definition) is 5. The number of aryl methyl sites for hydroxylation is 2. The third-order valence-electron chi connectivity index (χ3n) is 3.99. The standard InChI is InChI=1S/C14H19ClN4S/c1-9-10(2)20-14-12(9)13(15)16-11(17-14)8-19-6-4-18(3)5-7-19/h4-8H2,1-3H3. The minimum Gasteiger partial charge on any atom is -0.304 e. The first-order valence-corrected chi connectivity index (χ1v) is 8.07. The number of likely N-dealkylation sites (N-methyl/N-ethyl adjacent to an activating group) is 1. The van der Waals surface area contributed by atoms with E-state index < -0.39 is 0 Å². The van der Waals surface area contributed by atoms with Crippen molar-refractivity contribution >= 4 is 33.2 Å². The minimum absolute atomic E-state index is 0.598. The molecule has 108 valence electrons. The maximum atomic E-state index is 6.35. The molecule has 0 bridgehead atoms. The van der Waals surface area contributed by atoms with Gasteiger partial charge in [-0.15, -0.1) is 11.3 Å². The molecule has 3 heterocycles. The fourth-order valence-electron chi connectivity index (χ4n) is 2.52. The van der Waals surface area contributed by atoms with Gasteiger partial charge in [-0.1, -0.05) is 11.6 Å². The molecule has 0 amide bonds. The van der Waals surface area contributed by atoms with Crippen LogP contribution >= 0.6 is 22.9 Å². The van der Waals surface area contributed by atoms with Gasteiger partial charge in [-0.3, -0.25) is 4.90 Å². The Labute approximate surface area is 128 Å². The summed E-state index contributed by atoms with van der Waals surface area (Å²) < 4.78 is 0. The lowest BCUT2D eigenvalue weighted by Gasteiger charge is -2.31. The van der Waals surface area contributed by atoms with E-state index in [9.17, 15) is 0 Å². The zero-order chi connectivity index (χ0) is 14.3. The largest absolute Gasteiger partial charge is 0.304 e. The highest BCUT2D eigenvalue weighted by Gasteiger charge is 2.17. The van der Waals surface area contributed by atoms with Crippen LogP contribution in [-0.2, 0) is 6.54 Å². The SMILES string of the molecule is Cc1sc2nc(CN3CCN(C)CC3)nc(Cl)c2c1C. The van der Waals surface area contributed by atoms with E-state index in [1.807, 2.05) is 0 Å². The summed E-state index contributed by atoms with van der Waals surface area (Å²) in [6.45, 7) is 9.33. The van der Waals surface area contributed by atoms with E-state index in [0.29, 0.717) is 5.15 Å². The Kier molecular flexibility index (Phi) is 3.95. The average molecular weight is 311 g/mol. The molecule has 1 aliphatic rings. The highest BCUT2D eigenvalue weighted by molar-refractivity contribution is 7.18. The van der Waals surface area contributed by atoms with Gasteiger partial charge in [-0.05, 0) is 26.5 Å². The molecule has 20 heavy (non-hydrogen) atoms. The topological polar surface area (TPSA) is 32.3 Å². The summed E-state index contributed by atoms with van der Waals surface area (Å²) in [7, 11) is 2.16. The second-order valence-corrected chi connectivity index (χ2v) is 7.03. The zero-order valence-corrected chi connectivity index (χ0v) is 13.7. The lowest BCUT2D eigenvalue weighted by atomic mass is 10.2. The summed E-state index contributed by atoms with van der Waals surface area (Å²) in [5.74, 6) is 0.841. The highest BCUT2D eigenvalue weighted by atomic mass is 35.5. The maximum absolute atomic E-state index is 6.35. The molecule has 0 aliphatic carbocycles. The number of fused-ring (bicyclic) bond motifs is 1. The van der Waals surface area contributed by atoms with E-state index in [1.165, 1.54) is 10.4 Å². The summed E-state index contributed by atoms with van der Waals surface area (Å²) in [6, 6.07) is 0. The van der Waals surface area contributed by atoms with Gasteiger partial charge in [-0.25, -0.2) is 9.97 Å².